The second kappa shape index (κ2) is 6.23. The summed E-state index contributed by atoms with van der Waals surface area (Å²) in [6.07, 6.45) is 9.56. The van der Waals surface area contributed by atoms with Crippen molar-refractivity contribution < 1.29 is 9.90 Å². The van der Waals surface area contributed by atoms with Gasteiger partial charge < -0.3 is 5.11 Å². The zero-order valence-electron chi connectivity index (χ0n) is 11.8. The topological polar surface area (TPSA) is 37.3 Å². The summed E-state index contributed by atoms with van der Waals surface area (Å²) in [6, 6.07) is 7.64. The van der Waals surface area contributed by atoms with Gasteiger partial charge in [0.1, 0.15) is 0 Å². The molecule has 2 heteroatoms. The van der Waals surface area contributed by atoms with Crippen molar-refractivity contribution in [2.24, 2.45) is 0 Å². The fourth-order valence-corrected chi connectivity index (χ4v) is 3.53. The molecule has 1 aromatic carbocycles. The maximum absolute atomic E-state index is 11.5. The zero-order valence-corrected chi connectivity index (χ0v) is 11.8. The second-order valence-corrected chi connectivity index (χ2v) is 5.80. The third-order valence-electron chi connectivity index (χ3n) is 4.55. The number of unbranched alkanes of at least 4 members (excludes halogenated alkanes) is 1. The lowest BCUT2D eigenvalue weighted by atomic mass is 9.65. The van der Waals surface area contributed by atoms with Gasteiger partial charge in [-0.05, 0) is 36.3 Å². The first-order valence-electron chi connectivity index (χ1n) is 7.52. The average Bonchev–Trinajstić information content (AvgIpc) is 2.46. The van der Waals surface area contributed by atoms with Crippen molar-refractivity contribution in [2.75, 3.05) is 0 Å². The van der Waals surface area contributed by atoms with Crippen LogP contribution in [-0.4, -0.2) is 11.1 Å². The molecule has 104 valence electrons. The van der Waals surface area contributed by atoms with E-state index in [1.54, 1.807) is 6.07 Å². The molecule has 1 fully saturated rings. The molecule has 0 aliphatic heterocycles. The van der Waals surface area contributed by atoms with Crippen LogP contribution in [0.2, 0.25) is 0 Å². The monoisotopic (exact) mass is 260 g/mol. The van der Waals surface area contributed by atoms with Crippen molar-refractivity contribution in [1.82, 2.24) is 0 Å². The Kier molecular flexibility index (Phi) is 4.62. The van der Waals surface area contributed by atoms with Gasteiger partial charge in [0.25, 0.3) is 0 Å². The van der Waals surface area contributed by atoms with Crippen LogP contribution in [0.5, 0.6) is 0 Å². The summed E-state index contributed by atoms with van der Waals surface area (Å²) in [4.78, 5) is 11.5. The fraction of sp³-hybridized carbons (Fsp3) is 0.588. The van der Waals surface area contributed by atoms with Gasteiger partial charge in [0.15, 0.2) is 0 Å². The van der Waals surface area contributed by atoms with Crippen LogP contribution in [0.4, 0.5) is 0 Å². The predicted octanol–water partition coefficient (Wildman–Crippen LogP) is 4.78. The predicted molar refractivity (Wildman–Crippen MR) is 77.7 cm³/mol. The highest BCUT2D eigenvalue weighted by Gasteiger charge is 2.35. The summed E-state index contributed by atoms with van der Waals surface area (Å²) in [6.45, 7) is 2.21. The van der Waals surface area contributed by atoms with Crippen LogP contribution in [0.25, 0.3) is 0 Å². The first-order chi connectivity index (χ1) is 9.19. The van der Waals surface area contributed by atoms with Gasteiger partial charge >= 0.3 is 5.97 Å². The van der Waals surface area contributed by atoms with Crippen molar-refractivity contribution in [3.05, 3.63) is 35.4 Å². The molecule has 1 aromatic rings. The molecule has 1 aliphatic rings. The molecule has 1 saturated carbocycles. The van der Waals surface area contributed by atoms with Gasteiger partial charge in [0.2, 0.25) is 0 Å². The van der Waals surface area contributed by atoms with Gasteiger partial charge in [0, 0.05) is 0 Å². The van der Waals surface area contributed by atoms with E-state index in [-0.39, 0.29) is 5.41 Å². The molecule has 0 saturated heterocycles. The SMILES string of the molecule is CCCCC1(c2ccccc2C(=O)O)CCCCC1. The number of benzene rings is 1. The van der Waals surface area contributed by atoms with Crippen LogP contribution in [0.1, 0.15) is 74.2 Å². The summed E-state index contributed by atoms with van der Waals surface area (Å²) in [5.74, 6) is -0.781. The van der Waals surface area contributed by atoms with Crippen molar-refractivity contribution in [1.29, 1.82) is 0 Å². The van der Waals surface area contributed by atoms with Gasteiger partial charge in [0.05, 0.1) is 5.56 Å². The molecule has 0 amide bonds. The van der Waals surface area contributed by atoms with E-state index < -0.39 is 5.97 Å². The maximum atomic E-state index is 11.5. The van der Waals surface area contributed by atoms with Crippen LogP contribution in [0.3, 0.4) is 0 Å². The number of carboxylic acid groups (broad SMARTS) is 1. The van der Waals surface area contributed by atoms with E-state index >= 15 is 0 Å². The van der Waals surface area contributed by atoms with Crippen LogP contribution >= 0.6 is 0 Å². The standard InChI is InChI=1S/C17H24O2/c1-2-3-11-17(12-7-4-8-13-17)15-10-6-5-9-14(15)16(18)19/h5-6,9-10H,2-4,7-8,11-13H2,1H3,(H,18,19). The summed E-state index contributed by atoms with van der Waals surface area (Å²) in [5.41, 5.74) is 1.71. The number of hydrogen-bond acceptors (Lipinski definition) is 1. The Morgan fingerprint density at radius 1 is 1.21 bits per heavy atom. The highest BCUT2D eigenvalue weighted by atomic mass is 16.4. The molecular weight excluding hydrogens is 236 g/mol. The van der Waals surface area contributed by atoms with Crippen molar-refractivity contribution in [3.8, 4) is 0 Å². The van der Waals surface area contributed by atoms with Gasteiger partial charge in [-0.3, -0.25) is 0 Å². The number of carbonyl (C=O) groups is 1. The molecule has 0 aromatic heterocycles. The highest BCUT2D eigenvalue weighted by molar-refractivity contribution is 5.89. The summed E-state index contributed by atoms with van der Waals surface area (Å²) >= 11 is 0. The van der Waals surface area contributed by atoms with E-state index in [1.807, 2.05) is 18.2 Å². The molecular formula is C17H24O2. The van der Waals surface area contributed by atoms with Crippen LogP contribution in [-0.2, 0) is 5.41 Å². The van der Waals surface area contributed by atoms with E-state index in [0.717, 1.165) is 24.8 Å². The molecule has 19 heavy (non-hydrogen) atoms. The summed E-state index contributed by atoms with van der Waals surface area (Å²) in [7, 11) is 0. The maximum Gasteiger partial charge on any atom is 0.335 e. The lowest BCUT2D eigenvalue weighted by Crippen LogP contribution is -2.31. The summed E-state index contributed by atoms with van der Waals surface area (Å²) < 4.78 is 0. The minimum Gasteiger partial charge on any atom is -0.478 e. The van der Waals surface area contributed by atoms with E-state index in [1.165, 1.54) is 32.1 Å². The quantitative estimate of drug-likeness (QED) is 0.827. The Morgan fingerprint density at radius 2 is 1.89 bits per heavy atom. The largest absolute Gasteiger partial charge is 0.478 e. The Hall–Kier alpha value is -1.31. The normalized spacial score (nSPS) is 18.2. The Balaban J connectivity index is 2.39. The highest BCUT2D eigenvalue weighted by Crippen LogP contribution is 2.44. The van der Waals surface area contributed by atoms with Crippen LogP contribution in [0.15, 0.2) is 24.3 Å². The van der Waals surface area contributed by atoms with E-state index in [0.29, 0.717) is 5.56 Å². The summed E-state index contributed by atoms with van der Waals surface area (Å²) in [5, 5.41) is 9.44. The van der Waals surface area contributed by atoms with Crippen LogP contribution < -0.4 is 0 Å². The molecule has 0 unspecified atom stereocenters. The number of hydrogen-bond donors (Lipinski definition) is 1. The Labute approximate surface area is 115 Å². The number of aromatic carboxylic acids is 1. The smallest absolute Gasteiger partial charge is 0.335 e. The molecule has 0 heterocycles. The molecule has 0 spiro atoms. The van der Waals surface area contributed by atoms with Gasteiger partial charge in [-0.25, -0.2) is 4.79 Å². The van der Waals surface area contributed by atoms with Crippen molar-refractivity contribution >= 4 is 5.97 Å². The van der Waals surface area contributed by atoms with Gasteiger partial charge in [-0.15, -0.1) is 0 Å². The van der Waals surface area contributed by atoms with E-state index in [9.17, 15) is 9.90 Å². The minimum atomic E-state index is -0.781. The fourth-order valence-electron chi connectivity index (χ4n) is 3.53. The average molecular weight is 260 g/mol. The van der Waals surface area contributed by atoms with E-state index in [4.69, 9.17) is 0 Å². The third-order valence-corrected chi connectivity index (χ3v) is 4.55. The molecule has 0 bridgehead atoms. The second-order valence-electron chi connectivity index (χ2n) is 5.80. The molecule has 0 radical (unpaired) electrons. The molecule has 1 aliphatic carbocycles. The molecule has 0 atom stereocenters. The molecule has 2 nitrogen and oxygen atoms in total. The Morgan fingerprint density at radius 3 is 2.53 bits per heavy atom. The van der Waals surface area contributed by atoms with Gasteiger partial charge in [-0.2, -0.15) is 0 Å². The van der Waals surface area contributed by atoms with Gasteiger partial charge in [-0.1, -0.05) is 57.2 Å². The first kappa shape index (κ1) is 14.1. The third kappa shape index (κ3) is 2.99. The lowest BCUT2D eigenvalue weighted by molar-refractivity contribution is 0.0692. The zero-order chi connectivity index (χ0) is 13.7. The molecule has 2 rings (SSSR count). The molecule has 1 N–H and O–H groups in total. The van der Waals surface area contributed by atoms with Crippen LogP contribution in [0, 0.1) is 0 Å². The first-order valence-corrected chi connectivity index (χ1v) is 7.52. The van der Waals surface area contributed by atoms with Crippen molar-refractivity contribution in [2.45, 2.75) is 63.7 Å². The van der Waals surface area contributed by atoms with Crippen molar-refractivity contribution in [3.63, 3.8) is 0 Å². The number of rotatable bonds is 5. The number of carboxylic acids is 1. The lowest BCUT2D eigenvalue weighted by Gasteiger charge is -2.39. The Bertz CT molecular complexity index is 431. The minimum absolute atomic E-state index is 0.114. The van der Waals surface area contributed by atoms with E-state index in [2.05, 4.69) is 6.92 Å².